The van der Waals surface area contributed by atoms with Crippen molar-refractivity contribution in [2.45, 2.75) is 25.5 Å². The van der Waals surface area contributed by atoms with Gasteiger partial charge < -0.3 is 9.47 Å². The summed E-state index contributed by atoms with van der Waals surface area (Å²) in [6, 6.07) is 5.52. The first kappa shape index (κ1) is 20.8. The van der Waals surface area contributed by atoms with Crippen LogP contribution < -0.4 is 4.74 Å². The van der Waals surface area contributed by atoms with E-state index in [2.05, 4.69) is 4.99 Å². The van der Waals surface area contributed by atoms with E-state index in [-0.39, 0.29) is 19.1 Å². The number of halogens is 1. The molecule has 0 aliphatic carbocycles. The molecule has 1 aromatic carbocycles. The number of ether oxygens (including phenoxy) is 2. The fourth-order valence-electron chi connectivity index (χ4n) is 2.99. The lowest BCUT2D eigenvalue weighted by molar-refractivity contribution is -0.533. The van der Waals surface area contributed by atoms with Gasteiger partial charge in [0.25, 0.3) is 24.1 Å². The van der Waals surface area contributed by atoms with Crippen molar-refractivity contribution in [2.24, 2.45) is 4.99 Å². The zero-order chi connectivity index (χ0) is 21.3. The van der Waals surface area contributed by atoms with E-state index in [9.17, 15) is 14.4 Å². The van der Waals surface area contributed by atoms with E-state index in [0.717, 1.165) is 4.90 Å². The molecule has 10 heteroatoms. The summed E-state index contributed by atoms with van der Waals surface area (Å²) < 4.78 is 12.7. The highest BCUT2D eigenvalue weighted by atomic mass is 35.5. The molecule has 0 saturated carbocycles. The molecule has 29 heavy (non-hydrogen) atoms. The lowest BCUT2D eigenvalue weighted by Crippen LogP contribution is -2.61. The molecule has 9 nitrogen and oxygen atoms in total. The molecule has 3 amide bonds. The molecular formula is C19H22ClN4O5+. The van der Waals surface area contributed by atoms with Crippen LogP contribution in [0, 0.1) is 0 Å². The molecule has 2 aliphatic rings. The van der Waals surface area contributed by atoms with Crippen LogP contribution in [0.5, 0.6) is 5.75 Å². The fourth-order valence-corrected chi connectivity index (χ4v) is 3.11. The summed E-state index contributed by atoms with van der Waals surface area (Å²) in [6.07, 6.45) is 1.48. The lowest BCUT2D eigenvalue weighted by atomic mass is 10.1. The Labute approximate surface area is 173 Å². The number of imide groups is 1. The SMILES string of the molecule is CN1C(=O)C2C(=NC=[N+]2CCOC(=O)C(C)(C)Oc2ccc(Cl)cc2)N(C)C1=O. The highest BCUT2D eigenvalue weighted by Crippen LogP contribution is 2.22. The highest BCUT2D eigenvalue weighted by Gasteiger charge is 2.50. The predicted molar refractivity (Wildman–Crippen MR) is 105 cm³/mol. The number of likely N-dealkylation sites (N-methyl/N-ethyl adjacent to an activating group) is 2. The molecule has 0 aromatic heterocycles. The van der Waals surface area contributed by atoms with Gasteiger partial charge in [-0.15, -0.1) is 0 Å². The number of rotatable bonds is 6. The molecule has 2 heterocycles. The smallest absolute Gasteiger partial charge is 0.350 e. The van der Waals surface area contributed by atoms with Crippen molar-refractivity contribution in [1.82, 2.24) is 9.80 Å². The van der Waals surface area contributed by atoms with Crippen LogP contribution in [-0.2, 0) is 14.3 Å². The van der Waals surface area contributed by atoms with Crippen LogP contribution >= 0.6 is 11.6 Å². The van der Waals surface area contributed by atoms with E-state index in [1.165, 1.54) is 18.3 Å². The number of esters is 1. The second-order valence-corrected chi connectivity index (χ2v) is 7.62. The third-order valence-electron chi connectivity index (χ3n) is 4.66. The van der Waals surface area contributed by atoms with Gasteiger partial charge in [-0.3, -0.25) is 14.6 Å². The number of amides is 3. The van der Waals surface area contributed by atoms with Gasteiger partial charge in [0, 0.05) is 19.1 Å². The quantitative estimate of drug-likeness (QED) is 0.511. The van der Waals surface area contributed by atoms with Crippen LogP contribution in [0.3, 0.4) is 0 Å². The number of benzene rings is 1. The third kappa shape index (κ3) is 4.09. The molecule has 1 fully saturated rings. The molecule has 1 aromatic rings. The molecule has 0 bridgehead atoms. The van der Waals surface area contributed by atoms with E-state index in [1.807, 2.05) is 0 Å². The van der Waals surface area contributed by atoms with Crippen LogP contribution in [0.2, 0.25) is 5.02 Å². The Bertz CT molecular complexity index is 910. The van der Waals surface area contributed by atoms with Crippen molar-refractivity contribution >= 4 is 41.7 Å². The molecule has 0 spiro atoms. The maximum absolute atomic E-state index is 12.5. The number of aliphatic imine (C=N–C) groups is 1. The van der Waals surface area contributed by atoms with Crippen molar-refractivity contribution < 1.29 is 28.4 Å². The molecule has 0 radical (unpaired) electrons. The number of carbonyl (C=O) groups is 3. The minimum Gasteiger partial charge on any atom is -0.476 e. The minimum atomic E-state index is -1.21. The normalized spacial score (nSPS) is 19.0. The van der Waals surface area contributed by atoms with Gasteiger partial charge in [0.1, 0.15) is 18.9 Å². The number of amidine groups is 1. The maximum Gasteiger partial charge on any atom is 0.350 e. The van der Waals surface area contributed by atoms with E-state index in [1.54, 1.807) is 49.7 Å². The average molecular weight is 422 g/mol. The van der Waals surface area contributed by atoms with Gasteiger partial charge in [-0.25, -0.2) is 14.2 Å². The Morgan fingerprint density at radius 2 is 1.86 bits per heavy atom. The number of urea groups is 1. The van der Waals surface area contributed by atoms with Crippen LogP contribution in [0.15, 0.2) is 29.3 Å². The highest BCUT2D eigenvalue weighted by molar-refractivity contribution is 6.30. The molecule has 0 N–H and O–H groups in total. The molecule has 3 rings (SSSR count). The molecular weight excluding hydrogens is 400 g/mol. The predicted octanol–water partition coefficient (Wildman–Crippen LogP) is 1.39. The molecule has 154 valence electrons. The Balaban J connectivity index is 1.56. The van der Waals surface area contributed by atoms with Crippen molar-refractivity contribution in [3.8, 4) is 5.75 Å². The van der Waals surface area contributed by atoms with Gasteiger partial charge in [-0.2, -0.15) is 0 Å². The Hall–Kier alpha value is -2.94. The summed E-state index contributed by atoms with van der Waals surface area (Å²) in [5.74, 6) is -0.0767. The van der Waals surface area contributed by atoms with Crippen molar-refractivity contribution in [3.05, 3.63) is 29.3 Å². The van der Waals surface area contributed by atoms with E-state index in [0.29, 0.717) is 16.6 Å². The fraction of sp³-hybridized carbons (Fsp3) is 0.421. The molecule has 1 unspecified atom stereocenters. The average Bonchev–Trinajstić information content (AvgIpc) is 3.10. The monoisotopic (exact) mass is 421 g/mol. The standard InChI is InChI=1S/C19H22ClN4O5/c1-19(2,29-13-7-5-12(20)6-8-13)17(26)28-10-9-24-11-21-15-14(24)16(25)23(4)18(27)22(15)3/h5-8,11,14H,9-10H2,1-4H3/q+1. The van der Waals surface area contributed by atoms with Gasteiger partial charge in [0.15, 0.2) is 5.60 Å². The summed E-state index contributed by atoms with van der Waals surface area (Å²) in [6.45, 7) is 3.47. The van der Waals surface area contributed by atoms with Crippen molar-refractivity contribution in [3.63, 3.8) is 0 Å². The van der Waals surface area contributed by atoms with Crippen LogP contribution in [-0.4, -0.2) is 83.3 Å². The zero-order valence-corrected chi connectivity index (χ0v) is 17.3. The minimum absolute atomic E-state index is 0.0245. The summed E-state index contributed by atoms with van der Waals surface area (Å²) in [4.78, 5) is 43.4. The number of hydrogen-bond acceptors (Lipinski definition) is 6. The molecule has 2 aliphatic heterocycles. The zero-order valence-electron chi connectivity index (χ0n) is 16.6. The summed E-state index contributed by atoms with van der Waals surface area (Å²) >= 11 is 5.85. The van der Waals surface area contributed by atoms with Crippen molar-refractivity contribution in [2.75, 3.05) is 27.2 Å². The number of fused-ring (bicyclic) bond motifs is 1. The van der Waals surface area contributed by atoms with Crippen LogP contribution in [0.1, 0.15) is 13.8 Å². The van der Waals surface area contributed by atoms with Gasteiger partial charge >= 0.3 is 12.0 Å². The second kappa shape index (κ2) is 7.82. The summed E-state index contributed by atoms with van der Waals surface area (Å²) in [5.41, 5.74) is -1.21. The number of carbonyl (C=O) groups excluding carboxylic acids is 3. The first-order valence-corrected chi connectivity index (χ1v) is 9.33. The topological polar surface area (TPSA) is 91.5 Å². The number of nitrogens with zero attached hydrogens (tertiary/aromatic N) is 4. The Morgan fingerprint density at radius 3 is 2.52 bits per heavy atom. The molecule has 1 atom stereocenters. The Morgan fingerprint density at radius 1 is 1.21 bits per heavy atom. The maximum atomic E-state index is 12.5. The van der Waals surface area contributed by atoms with E-state index < -0.39 is 23.6 Å². The van der Waals surface area contributed by atoms with Gasteiger partial charge in [0.05, 0.1) is 0 Å². The lowest BCUT2D eigenvalue weighted by Gasteiger charge is -2.30. The first-order valence-electron chi connectivity index (χ1n) is 8.95. The van der Waals surface area contributed by atoms with E-state index >= 15 is 0 Å². The molecule has 1 saturated heterocycles. The van der Waals surface area contributed by atoms with Crippen LogP contribution in [0.4, 0.5) is 4.79 Å². The number of hydrogen-bond donors (Lipinski definition) is 0. The van der Waals surface area contributed by atoms with Gasteiger partial charge in [-0.1, -0.05) is 11.6 Å². The second-order valence-electron chi connectivity index (χ2n) is 7.18. The largest absolute Gasteiger partial charge is 0.476 e. The third-order valence-corrected chi connectivity index (χ3v) is 4.91. The summed E-state index contributed by atoms with van der Waals surface area (Å²) in [5, 5.41) is 0.566. The van der Waals surface area contributed by atoms with E-state index in [4.69, 9.17) is 21.1 Å². The van der Waals surface area contributed by atoms with Gasteiger partial charge in [0.2, 0.25) is 0 Å². The first-order chi connectivity index (χ1) is 13.6. The van der Waals surface area contributed by atoms with Crippen LogP contribution in [0.25, 0.3) is 0 Å². The van der Waals surface area contributed by atoms with Gasteiger partial charge in [-0.05, 0) is 43.1 Å². The summed E-state index contributed by atoms with van der Waals surface area (Å²) in [7, 11) is 2.98. The Kier molecular flexibility index (Phi) is 5.61. The van der Waals surface area contributed by atoms with Crippen molar-refractivity contribution in [1.29, 1.82) is 0 Å².